The van der Waals surface area contributed by atoms with Gasteiger partial charge >= 0.3 is 0 Å². The van der Waals surface area contributed by atoms with Crippen molar-refractivity contribution in [1.29, 1.82) is 0 Å². The molecule has 1 aliphatic rings. The largest absolute Gasteiger partial charge is 0.368 e. The topological polar surface area (TPSA) is 35.6 Å². The first-order valence-electron chi connectivity index (χ1n) is 9.20. The van der Waals surface area contributed by atoms with E-state index in [2.05, 4.69) is 39.4 Å². The molecule has 0 saturated carbocycles. The van der Waals surface area contributed by atoms with Gasteiger partial charge in [-0.1, -0.05) is 18.2 Å². The van der Waals surface area contributed by atoms with E-state index in [4.69, 9.17) is 12.2 Å². The first kappa shape index (κ1) is 19.7. The van der Waals surface area contributed by atoms with Crippen molar-refractivity contribution in [3.05, 3.63) is 60.2 Å². The number of hydrogen-bond donors (Lipinski definition) is 1. The minimum absolute atomic E-state index is 0.105. The Bertz CT molecular complexity index is 757. The Labute approximate surface area is 170 Å². The Morgan fingerprint density at radius 3 is 2.33 bits per heavy atom. The lowest BCUT2D eigenvalue weighted by Crippen LogP contribution is -2.52. The SMILES string of the molecule is CC(=O)c1ccc(N2CCN(C(=S)NCCSc3ccccc3)CC2)cc1. The third kappa shape index (κ3) is 5.71. The van der Waals surface area contributed by atoms with E-state index < -0.39 is 0 Å². The first-order valence-corrected chi connectivity index (χ1v) is 10.6. The van der Waals surface area contributed by atoms with Crippen LogP contribution >= 0.6 is 24.0 Å². The van der Waals surface area contributed by atoms with E-state index in [1.165, 1.54) is 4.90 Å². The molecule has 0 amide bonds. The number of Topliss-reactive ketones (excluding diaryl/α,β-unsaturated/α-hetero) is 1. The standard InChI is InChI=1S/C21H25N3OS2/c1-17(25)18-7-9-19(10-8-18)23-12-14-24(15-13-23)21(26)22-11-16-27-20-5-3-2-4-6-20/h2-10H,11-16H2,1H3,(H,22,26). The number of thioether (sulfide) groups is 1. The predicted octanol–water partition coefficient (Wildman–Crippen LogP) is 3.68. The number of benzene rings is 2. The van der Waals surface area contributed by atoms with Crippen LogP contribution in [0.5, 0.6) is 0 Å². The van der Waals surface area contributed by atoms with Crippen LogP contribution in [0, 0.1) is 0 Å². The molecule has 142 valence electrons. The fourth-order valence-corrected chi connectivity index (χ4v) is 4.10. The van der Waals surface area contributed by atoms with Gasteiger partial charge in [0.2, 0.25) is 0 Å². The van der Waals surface area contributed by atoms with E-state index >= 15 is 0 Å². The third-order valence-electron chi connectivity index (χ3n) is 4.60. The summed E-state index contributed by atoms with van der Waals surface area (Å²) in [4.78, 5) is 17.3. The van der Waals surface area contributed by atoms with E-state index in [9.17, 15) is 4.79 Å². The molecule has 3 rings (SSSR count). The normalized spacial score (nSPS) is 14.1. The summed E-state index contributed by atoms with van der Waals surface area (Å²) in [6, 6.07) is 18.3. The van der Waals surface area contributed by atoms with Crippen LogP contribution in [-0.2, 0) is 0 Å². The second-order valence-electron chi connectivity index (χ2n) is 6.47. The molecule has 1 N–H and O–H groups in total. The van der Waals surface area contributed by atoms with Gasteiger partial charge in [0, 0.05) is 54.6 Å². The maximum Gasteiger partial charge on any atom is 0.169 e. The summed E-state index contributed by atoms with van der Waals surface area (Å²) in [5, 5.41) is 4.22. The zero-order chi connectivity index (χ0) is 19.1. The summed E-state index contributed by atoms with van der Waals surface area (Å²) >= 11 is 7.39. The monoisotopic (exact) mass is 399 g/mol. The smallest absolute Gasteiger partial charge is 0.169 e. The predicted molar refractivity (Wildman–Crippen MR) is 118 cm³/mol. The van der Waals surface area contributed by atoms with Crippen molar-refractivity contribution < 1.29 is 4.79 Å². The second-order valence-corrected chi connectivity index (χ2v) is 8.03. The fourth-order valence-electron chi connectivity index (χ4n) is 3.03. The Balaban J connectivity index is 1.39. The Hall–Kier alpha value is -2.05. The fraction of sp³-hybridized carbons (Fsp3) is 0.333. The average Bonchev–Trinajstić information content (AvgIpc) is 2.72. The molecule has 0 radical (unpaired) electrons. The molecule has 2 aromatic carbocycles. The summed E-state index contributed by atoms with van der Waals surface area (Å²) in [5.74, 6) is 1.10. The van der Waals surface area contributed by atoms with Crippen LogP contribution in [-0.4, -0.2) is 54.3 Å². The number of nitrogens with one attached hydrogen (secondary N) is 1. The van der Waals surface area contributed by atoms with Crippen molar-refractivity contribution in [2.24, 2.45) is 0 Å². The molecule has 0 aliphatic carbocycles. The molecule has 6 heteroatoms. The van der Waals surface area contributed by atoms with E-state index in [0.29, 0.717) is 0 Å². The number of anilines is 1. The van der Waals surface area contributed by atoms with E-state index in [-0.39, 0.29) is 5.78 Å². The number of rotatable bonds is 6. The van der Waals surface area contributed by atoms with Crippen LogP contribution in [0.3, 0.4) is 0 Å². The van der Waals surface area contributed by atoms with Gasteiger partial charge in [-0.15, -0.1) is 11.8 Å². The lowest BCUT2D eigenvalue weighted by atomic mass is 10.1. The summed E-state index contributed by atoms with van der Waals surface area (Å²) < 4.78 is 0. The maximum atomic E-state index is 11.4. The summed E-state index contributed by atoms with van der Waals surface area (Å²) in [7, 11) is 0. The number of nitrogens with zero attached hydrogens (tertiary/aromatic N) is 2. The summed E-state index contributed by atoms with van der Waals surface area (Å²) in [6.45, 7) is 6.14. The van der Waals surface area contributed by atoms with Gasteiger partial charge < -0.3 is 15.1 Å². The average molecular weight is 400 g/mol. The minimum atomic E-state index is 0.105. The van der Waals surface area contributed by atoms with Crippen molar-refractivity contribution in [3.63, 3.8) is 0 Å². The molecule has 0 spiro atoms. The number of ketones is 1. The second kappa shape index (κ2) is 9.76. The molecular weight excluding hydrogens is 374 g/mol. The van der Waals surface area contributed by atoms with Crippen LogP contribution in [0.1, 0.15) is 17.3 Å². The molecule has 4 nitrogen and oxygen atoms in total. The quantitative estimate of drug-likeness (QED) is 0.346. The Morgan fingerprint density at radius 2 is 1.70 bits per heavy atom. The molecule has 0 aromatic heterocycles. The van der Waals surface area contributed by atoms with Crippen LogP contribution in [0.15, 0.2) is 59.5 Å². The molecule has 0 bridgehead atoms. The number of piperazine rings is 1. The van der Waals surface area contributed by atoms with Gasteiger partial charge in [-0.05, 0) is 55.5 Å². The van der Waals surface area contributed by atoms with Crippen molar-refractivity contribution in [3.8, 4) is 0 Å². The van der Waals surface area contributed by atoms with Crippen molar-refractivity contribution in [2.45, 2.75) is 11.8 Å². The number of carbonyl (C=O) groups excluding carboxylic acids is 1. The molecule has 1 heterocycles. The van der Waals surface area contributed by atoms with Gasteiger partial charge in [-0.3, -0.25) is 4.79 Å². The van der Waals surface area contributed by atoms with Crippen LogP contribution in [0.4, 0.5) is 5.69 Å². The van der Waals surface area contributed by atoms with Crippen LogP contribution in [0.25, 0.3) is 0 Å². The zero-order valence-corrected chi connectivity index (χ0v) is 17.2. The molecule has 27 heavy (non-hydrogen) atoms. The minimum Gasteiger partial charge on any atom is -0.368 e. The zero-order valence-electron chi connectivity index (χ0n) is 15.6. The number of carbonyl (C=O) groups is 1. The molecule has 0 unspecified atom stereocenters. The van der Waals surface area contributed by atoms with Gasteiger partial charge in [0.25, 0.3) is 0 Å². The van der Waals surface area contributed by atoms with Gasteiger partial charge in [-0.2, -0.15) is 0 Å². The highest BCUT2D eigenvalue weighted by molar-refractivity contribution is 7.99. The van der Waals surface area contributed by atoms with Gasteiger partial charge in [0.05, 0.1) is 0 Å². The van der Waals surface area contributed by atoms with Crippen molar-refractivity contribution in [2.75, 3.05) is 43.4 Å². The van der Waals surface area contributed by atoms with Gasteiger partial charge in [0.1, 0.15) is 0 Å². The molecular formula is C21H25N3OS2. The highest BCUT2D eigenvalue weighted by Gasteiger charge is 2.19. The Morgan fingerprint density at radius 1 is 1.04 bits per heavy atom. The highest BCUT2D eigenvalue weighted by Crippen LogP contribution is 2.18. The van der Waals surface area contributed by atoms with E-state index in [0.717, 1.165) is 54.8 Å². The Kier molecular flexibility index (Phi) is 7.12. The molecule has 0 atom stereocenters. The van der Waals surface area contributed by atoms with Gasteiger partial charge in [0.15, 0.2) is 10.9 Å². The lowest BCUT2D eigenvalue weighted by Gasteiger charge is -2.37. The molecule has 1 saturated heterocycles. The summed E-state index contributed by atoms with van der Waals surface area (Å²) in [6.07, 6.45) is 0. The van der Waals surface area contributed by atoms with Crippen molar-refractivity contribution >= 4 is 40.6 Å². The maximum absolute atomic E-state index is 11.4. The molecule has 2 aromatic rings. The third-order valence-corrected chi connectivity index (χ3v) is 6.01. The van der Waals surface area contributed by atoms with Crippen LogP contribution in [0.2, 0.25) is 0 Å². The van der Waals surface area contributed by atoms with Crippen LogP contribution < -0.4 is 10.2 Å². The van der Waals surface area contributed by atoms with E-state index in [1.807, 2.05) is 42.1 Å². The first-order chi connectivity index (χ1) is 13.1. The highest BCUT2D eigenvalue weighted by atomic mass is 32.2. The van der Waals surface area contributed by atoms with Gasteiger partial charge in [-0.25, -0.2) is 0 Å². The number of hydrogen-bond acceptors (Lipinski definition) is 4. The molecule has 1 fully saturated rings. The number of thiocarbonyl (C=S) groups is 1. The summed E-state index contributed by atoms with van der Waals surface area (Å²) in [5.41, 5.74) is 1.92. The molecule has 1 aliphatic heterocycles. The lowest BCUT2D eigenvalue weighted by molar-refractivity contribution is 0.101. The van der Waals surface area contributed by atoms with Crippen molar-refractivity contribution in [1.82, 2.24) is 10.2 Å². The van der Waals surface area contributed by atoms with E-state index in [1.54, 1.807) is 6.92 Å².